The van der Waals surface area contributed by atoms with E-state index < -0.39 is 19.1 Å². The number of alkyl halides is 2. The number of nitrogens with zero attached hydrogens (tertiary/aromatic N) is 2. The van der Waals surface area contributed by atoms with Crippen LogP contribution in [0.4, 0.5) is 8.78 Å². The van der Waals surface area contributed by atoms with E-state index in [0.29, 0.717) is 11.3 Å². The van der Waals surface area contributed by atoms with Crippen molar-refractivity contribution in [3.63, 3.8) is 0 Å². The van der Waals surface area contributed by atoms with Crippen LogP contribution in [0.3, 0.4) is 0 Å². The van der Waals surface area contributed by atoms with Crippen molar-refractivity contribution in [1.29, 1.82) is 0 Å². The molecule has 0 spiro atoms. The molecule has 0 bridgehead atoms. The molecule has 136 valence electrons. The van der Waals surface area contributed by atoms with Crippen molar-refractivity contribution in [3.05, 3.63) is 53.9 Å². The molecule has 0 aliphatic carbocycles. The molecule has 0 radical (unpaired) electrons. The van der Waals surface area contributed by atoms with Crippen molar-refractivity contribution in [1.82, 2.24) is 9.55 Å². The van der Waals surface area contributed by atoms with Gasteiger partial charge in [-0.3, -0.25) is 4.57 Å². The number of esters is 1. The Hall–Kier alpha value is -3.16. The first-order chi connectivity index (χ1) is 12.6. The first-order valence-electron chi connectivity index (χ1n) is 7.69. The Morgan fingerprint density at radius 2 is 1.88 bits per heavy atom. The molecule has 8 heteroatoms. The van der Waals surface area contributed by atoms with E-state index in [1.807, 2.05) is 0 Å². The normalized spacial score (nSPS) is 11.0. The molecule has 0 atom stereocenters. The van der Waals surface area contributed by atoms with E-state index in [1.54, 1.807) is 30.3 Å². The minimum absolute atomic E-state index is 0.0450. The van der Waals surface area contributed by atoms with Gasteiger partial charge in [-0.15, -0.1) is 0 Å². The van der Waals surface area contributed by atoms with Crippen LogP contribution >= 0.6 is 0 Å². The standard InChI is InChI=1S/C18H16F2N2O4/c1-24-14-9-5-6-11(16(14)25-2)17(23)26-10-15-21-12-7-3-4-8-13(12)22(15)18(19)20/h3-9,18H,10H2,1-2H3. The summed E-state index contributed by atoms with van der Waals surface area (Å²) in [6.07, 6.45) is 0. The lowest BCUT2D eigenvalue weighted by Crippen LogP contribution is -2.11. The zero-order valence-corrected chi connectivity index (χ0v) is 14.1. The molecule has 0 N–H and O–H groups in total. The third kappa shape index (κ3) is 3.17. The number of ether oxygens (including phenoxy) is 3. The summed E-state index contributed by atoms with van der Waals surface area (Å²) in [7, 11) is 2.84. The van der Waals surface area contributed by atoms with E-state index in [9.17, 15) is 13.6 Å². The molecule has 0 aliphatic heterocycles. The van der Waals surface area contributed by atoms with E-state index in [0.717, 1.165) is 4.57 Å². The smallest absolute Gasteiger partial charge is 0.342 e. The molecule has 0 unspecified atom stereocenters. The van der Waals surface area contributed by atoms with Gasteiger partial charge in [0.15, 0.2) is 17.3 Å². The molecule has 1 heterocycles. The monoisotopic (exact) mass is 362 g/mol. The third-order valence-electron chi connectivity index (χ3n) is 3.82. The second-order valence-electron chi connectivity index (χ2n) is 5.28. The fourth-order valence-corrected chi connectivity index (χ4v) is 2.67. The molecule has 3 rings (SSSR count). The van der Waals surface area contributed by atoms with Crippen LogP contribution in [-0.4, -0.2) is 29.7 Å². The number of fused-ring (bicyclic) bond motifs is 1. The molecule has 0 fully saturated rings. The maximum Gasteiger partial charge on any atom is 0.342 e. The highest BCUT2D eigenvalue weighted by atomic mass is 19.3. The zero-order valence-electron chi connectivity index (χ0n) is 14.1. The zero-order chi connectivity index (χ0) is 18.7. The topological polar surface area (TPSA) is 62.6 Å². The number of imidazole rings is 1. The van der Waals surface area contributed by atoms with Crippen molar-refractivity contribution in [2.75, 3.05) is 14.2 Å². The molecule has 6 nitrogen and oxygen atoms in total. The van der Waals surface area contributed by atoms with Crippen LogP contribution in [0.1, 0.15) is 22.7 Å². The number of halogens is 2. The first-order valence-corrected chi connectivity index (χ1v) is 7.69. The van der Waals surface area contributed by atoms with Gasteiger partial charge in [0.25, 0.3) is 0 Å². The molecular formula is C18H16F2N2O4. The number of rotatable bonds is 6. The number of methoxy groups -OCH3 is 2. The summed E-state index contributed by atoms with van der Waals surface area (Å²) < 4.78 is 43.0. The summed E-state index contributed by atoms with van der Waals surface area (Å²) in [6, 6.07) is 11.2. The second-order valence-corrected chi connectivity index (χ2v) is 5.28. The highest BCUT2D eigenvalue weighted by Gasteiger charge is 2.21. The third-order valence-corrected chi connectivity index (χ3v) is 3.82. The van der Waals surface area contributed by atoms with Crippen LogP contribution in [0.5, 0.6) is 11.5 Å². The fraction of sp³-hybridized carbons (Fsp3) is 0.222. The van der Waals surface area contributed by atoms with Crippen LogP contribution < -0.4 is 9.47 Å². The average molecular weight is 362 g/mol. The van der Waals surface area contributed by atoms with Crippen LogP contribution in [-0.2, 0) is 11.3 Å². The van der Waals surface area contributed by atoms with Crippen LogP contribution in [0.2, 0.25) is 0 Å². The molecule has 26 heavy (non-hydrogen) atoms. The molecule has 0 amide bonds. The number of aromatic nitrogens is 2. The summed E-state index contributed by atoms with van der Waals surface area (Å²) in [5, 5.41) is 0. The van der Waals surface area contributed by atoms with Crippen molar-refractivity contribution < 1.29 is 27.8 Å². The number of carbonyl (C=O) groups is 1. The van der Waals surface area contributed by atoms with Gasteiger partial charge < -0.3 is 14.2 Å². The van der Waals surface area contributed by atoms with Crippen LogP contribution in [0, 0.1) is 0 Å². The number of hydrogen-bond donors (Lipinski definition) is 0. The first kappa shape index (κ1) is 17.7. The minimum atomic E-state index is -2.80. The summed E-state index contributed by atoms with van der Waals surface area (Å²) in [5.41, 5.74) is 0.803. The summed E-state index contributed by atoms with van der Waals surface area (Å²) in [5.74, 6) is -0.200. The van der Waals surface area contributed by atoms with Gasteiger partial charge in [0.2, 0.25) is 0 Å². The Labute approximate surface area is 147 Å². The van der Waals surface area contributed by atoms with Gasteiger partial charge in [-0.05, 0) is 24.3 Å². The van der Waals surface area contributed by atoms with E-state index in [4.69, 9.17) is 14.2 Å². The fourth-order valence-electron chi connectivity index (χ4n) is 2.67. The van der Waals surface area contributed by atoms with Crippen molar-refractivity contribution >= 4 is 17.0 Å². The predicted octanol–water partition coefficient (Wildman–Crippen LogP) is 3.81. The number of para-hydroxylation sites is 3. The molecule has 2 aromatic carbocycles. The lowest BCUT2D eigenvalue weighted by atomic mass is 10.2. The average Bonchev–Trinajstić information content (AvgIpc) is 3.03. The summed E-state index contributed by atoms with van der Waals surface area (Å²) in [4.78, 5) is 16.5. The lowest BCUT2D eigenvalue weighted by molar-refractivity contribution is 0.0384. The highest BCUT2D eigenvalue weighted by Crippen LogP contribution is 2.31. The largest absolute Gasteiger partial charge is 0.493 e. The van der Waals surface area contributed by atoms with Crippen LogP contribution in [0.25, 0.3) is 11.0 Å². The number of hydrogen-bond acceptors (Lipinski definition) is 5. The Balaban J connectivity index is 1.87. The predicted molar refractivity (Wildman–Crippen MR) is 89.7 cm³/mol. The Bertz CT molecular complexity index is 940. The van der Waals surface area contributed by atoms with Gasteiger partial charge in [0.1, 0.15) is 12.2 Å². The van der Waals surface area contributed by atoms with Crippen molar-refractivity contribution in [2.45, 2.75) is 13.2 Å². The minimum Gasteiger partial charge on any atom is -0.493 e. The maximum atomic E-state index is 13.4. The van der Waals surface area contributed by atoms with Gasteiger partial charge in [-0.25, -0.2) is 9.78 Å². The molecular weight excluding hydrogens is 346 g/mol. The lowest BCUT2D eigenvalue weighted by Gasteiger charge is -2.12. The van der Waals surface area contributed by atoms with E-state index in [-0.39, 0.29) is 22.7 Å². The van der Waals surface area contributed by atoms with Gasteiger partial charge in [0, 0.05) is 0 Å². The highest BCUT2D eigenvalue weighted by molar-refractivity contribution is 5.93. The number of carbonyl (C=O) groups excluding carboxylic acids is 1. The molecule has 0 saturated carbocycles. The van der Waals surface area contributed by atoms with Gasteiger partial charge in [0.05, 0.1) is 25.3 Å². The van der Waals surface area contributed by atoms with E-state index >= 15 is 0 Å². The molecule has 3 aromatic rings. The van der Waals surface area contributed by atoms with Gasteiger partial charge in [-0.2, -0.15) is 8.78 Å². The number of benzene rings is 2. The van der Waals surface area contributed by atoms with E-state index in [2.05, 4.69) is 4.98 Å². The maximum absolute atomic E-state index is 13.4. The quantitative estimate of drug-likeness (QED) is 0.624. The molecule has 0 saturated heterocycles. The summed E-state index contributed by atoms with van der Waals surface area (Å²) >= 11 is 0. The van der Waals surface area contributed by atoms with Crippen LogP contribution in [0.15, 0.2) is 42.5 Å². The van der Waals surface area contributed by atoms with Gasteiger partial charge in [-0.1, -0.05) is 18.2 Å². The SMILES string of the molecule is COc1cccc(C(=O)OCc2nc3ccccc3n2C(F)F)c1OC. The van der Waals surface area contributed by atoms with Crippen molar-refractivity contribution in [3.8, 4) is 11.5 Å². The Kier molecular flexibility index (Phi) is 5.01. The Morgan fingerprint density at radius 3 is 2.58 bits per heavy atom. The van der Waals surface area contributed by atoms with Gasteiger partial charge >= 0.3 is 12.5 Å². The Morgan fingerprint density at radius 1 is 1.12 bits per heavy atom. The molecule has 1 aromatic heterocycles. The summed E-state index contributed by atoms with van der Waals surface area (Å²) in [6.45, 7) is -3.21. The van der Waals surface area contributed by atoms with E-state index in [1.165, 1.54) is 26.4 Å². The molecule has 0 aliphatic rings. The van der Waals surface area contributed by atoms with Crippen molar-refractivity contribution in [2.24, 2.45) is 0 Å². The second kappa shape index (κ2) is 7.38.